The molecule has 0 radical (unpaired) electrons. The fourth-order valence-electron chi connectivity index (χ4n) is 10.5. The van der Waals surface area contributed by atoms with Crippen LogP contribution in [0, 0.1) is 0 Å². The summed E-state index contributed by atoms with van der Waals surface area (Å²) in [6.45, 7) is 0. The van der Waals surface area contributed by atoms with E-state index in [0.29, 0.717) is 0 Å². The Morgan fingerprint density at radius 3 is 1.53 bits per heavy atom. The number of thiophene rings is 2. The Hall–Kier alpha value is -15.4. The first-order valence-corrected chi connectivity index (χ1v) is 36.8. The molecule has 22 nitrogen and oxygen atoms in total. The zero-order valence-corrected chi connectivity index (χ0v) is 61.7. The zero-order valence-electron chi connectivity index (χ0n) is 60.1. The first kappa shape index (κ1) is 74.9. The highest BCUT2D eigenvalue weighted by molar-refractivity contribution is 7.17. The fraction of sp³-hybridized carbons (Fsp3) is 0. The van der Waals surface area contributed by atoms with Crippen molar-refractivity contribution in [2.45, 2.75) is 0 Å². The van der Waals surface area contributed by atoms with Crippen LogP contribution in [0.25, 0.3) is 97.3 Å². The Bertz CT molecular complexity index is 5210. The van der Waals surface area contributed by atoms with Crippen LogP contribution >= 0.6 is 22.7 Å². The third-order valence-electron chi connectivity index (χ3n) is 16.0. The van der Waals surface area contributed by atoms with Crippen LogP contribution in [0.2, 0.25) is 0 Å². The molecule has 24 heteroatoms. The lowest BCUT2D eigenvalue weighted by Crippen LogP contribution is -1.84. The number of nitrogens with zero attached hydrogens (tertiary/aromatic N) is 22. The van der Waals surface area contributed by atoms with Crippen LogP contribution in [0.15, 0.2) is 427 Å². The van der Waals surface area contributed by atoms with Gasteiger partial charge in [0, 0.05) is 145 Å². The van der Waals surface area contributed by atoms with Crippen molar-refractivity contribution < 1.29 is 0 Å². The van der Waals surface area contributed by atoms with Crippen molar-refractivity contribution >= 4 is 120 Å². The number of para-hydroxylation sites is 2. The first-order chi connectivity index (χ1) is 55.6. The van der Waals surface area contributed by atoms with Gasteiger partial charge in [-0.3, -0.25) is 14.4 Å². The van der Waals surface area contributed by atoms with Crippen LogP contribution in [-0.4, -0.2) is 107 Å². The monoisotopic (exact) mass is 1500 g/mol. The van der Waals surface area contributed by atoms with E-state index in [1.807, 2.05) is 344 Å². The summed E-state index contributed by atoms with van der Waals surface area (Å²) in [7, 11) is 0. The smallest absolute Gasteiger partial charge is 0.139 e. The Balaban J connectivity index is 0.000000107. The number of aromatic nitrogens is 22. The lowest BCUT2D eigenvalue weighted by Gasteiger charge is -1.91. The summed E-state index contributed by atoms with van der Waals surface area (Å²) < 4.78 is 12.7. The fourth-order valence-corrected chi connectivity index (χ4v) is 12.0. The maximum Gasteiger partial charge on any atom is 0.139 e. The average molecular weight is 1500 g/mol. The minimum Gasteiger partial charge on any atom is -0.324 e. The predicted octanol–water partition coefficient (Wildman–Crippen LogP) is 19.1. The Kier molecular flexibility index (Phi) is 27.3. The van der Waals surface area contributed by atoms with Crippen LogP contribution < -0.4 is 0 Å². The molecular formula is C88H70N22S2. The molecule has 544 valence electrons. The second-order valence-electron chi connectivity index (χ2n) is 23.4. The van der Waals surface area contributed by atoms with Crippen molar-refractivity contribution in [3.8, 4) is 0 Å². The third kappa shape index (κ3) is 22.3. The first-order valence-electron chi connectivity index (χ1n) is 35.0. The van der Waals surface area contributed by atoms with E-state index < -0.39 is 0 Å². The molecule has 0 saturated carbocycles. The molecule has 0 spiro atoms. The molecule has 24 aromatic rings. The van der Waals surface area contributed by atoms with Gasteiger partial charge in [-0.2, -0.15) is 20.4 Å². The van der Waals surface area contributed by atoms with E-state index in [0.717, 1.165) is 75.6 Å². The topological polar surface area (TPSA) is 233 Å². The standard InChI is InChI=1S/2C9H7N.2C8H6N2.C8H7N.4C7H6N2.C6H5N3.2C6H4N2S/c1-2-6-9-8(4-1)5-3-7-10-9;1-2-4-9-7-10-6-5-8(9)3-1;1-2-4-8-7(3-1)5-9-6-10-8;1-2-4-8-7(3-1)5-6-9-10-8;1-2-6-9-7-3-5-8(9)4-1;1-3-7-4-2-6-9(7)8-5-1;1-2-6-9-7(3-1)4-5-8-9;1-2-5-9-6-4-8-7(9)3-1;1-2-4-9-6-8-5-7(9)3-1;1-2-7-5-9-4-3-8-6(1)9;1-2-9-6-3-7-4-8-5(1)6;1-2-9-6-5(1)3-7-4-8-6/h2*1-7H;2*1-6H;1-7H;4*1-6H;1-5H;2*1-4H. The van der Waals surface area contributed by atoms with Gasteiger partial charge in [-0.15, -0.1) is 22.7 Å². The van der Waals surface area contributed by atoms with Gasteiger partial charge in [0.1, 0.15) is 41.4 Å². The van der Waals surface area contributed by atoms with Crippen LogP contribution in [0.1, 0.15) is 0 Å². The molecule has 0 bridgehead atoms. The number of imidazole rings is 3. The van der Waals surface area contributed by atoms with E-state index in [9.17, 15) is 0 Å². The van der Waals surface area contributed by atoms with Gasteiger partial charge < -0.3 is 13.2 Å². The normalized spacial score (nSPS) is 10.1. The van der Waals surface area contributed by atoms with E-state index in [2.05, 4.69) is 121 Å². The number of rotatable bonds is 0. The van der Waals surface area contributed by atoms with Gasteiger partial charge in [-0.25, -0.2) is 58.9 Å². The van der Waals surface area contributed by atoms with Gasteiger partial charge in [-0.05, 0) is 167 Å². The van der Waals surface area contributed by atoms with Crippen LogP contribution in [-0.2, 0) is 0 Å². The number of hydrogen-bond donors (Lipinski definition) is 0. The number of benzene rings is 4. The maximum absolute atomic E-state index is 4.18. The molecule has 0 unspecified atom stereocenters. The van der Waals surface area contributed by atoms with E-state index in [1.165, 1.54) is 21.7 Å². The minimum atomic E-state index is 0.935. The van der Waals surface area contributed by atoms with Crippen molar-refractivity contribution in [1.29, 1.82) is 0 Å². The van der Waals surface area contributed by atoms with Gasteiger partial charge in [0.25, 0.3) is 0 Å². The summed E-state index contributed by atoms with van der Waals surface area (Å²) in [4.78, 5) is 49.1. The van der Waals surface area contributed by atoms with Gasteiger partial charge in [0.15, 0.2) is 0 Å². The second kappa shape index (κ2) is 40.9. The molecule has 0 aliphatic rings. The minimum absolute atomic E-state index is 0.935. The van der Waals surface area contributed by atoms with E-state index in [4.69, 9.17) is 0 Å². The zero-order chi connectivity index (χ0) is 76.1. The molecule has 0 N–H and O–H groups in total. The molecule has 0 aliphatic heterocycles. The summed E-state index contributed by atoms with van der Waals surface area (Å²) in [5, 5.41) is 26.8. The molecular weight excluding hydrogens is 1430 g/mol. The SMILES string of the molecule is c1cc2nccn2cn1.c1ccc2cnccc2c1.c1ccc2ncccc2c1.c1ccc2ncncc2c1.c1ccc2nnccc2c1.c1ccn2cccc2c1.c1ccn2ccnc2c1.c1ccn2cncc2c1.c1ccn2nccc2c1.c1cnn2cccc2c1.c1ncc2ccsc2n1.c1ncc2sccc2n1. The van der Waals surface area contributed by atoms with Gasteiger partial charge in [-0.1, -0.05) is 109 Å². The summed E-state index contributed by atoms with van der Waals surface area (Å²) >= 11 is 3.30. The molecule has 20 heterocycles. The number of hydrogen-bond acceptors (Lipinski definition) is 18. The molecule has 0 fully saturated rings. The molecule has 112 heavy (non-hydrogen) atoms. The van der Waals surface area contributed by atoms with E-state index in [1.54, 1.807) is 91.5 Å². The van der Waals surface area contributed by atoms with Crippen molar-refractivity contribution in [2.75, 3.05) is 0 Å². The van der Waals surface area contributed by atoms with Crippen molar-refractivity contribution in [2.24, 2.45) is 0 Å². The highest BCUT2D eigenvalue weighted by Crippen LogP contribution is 2.17. The lowest BCUT2D eigenvalue weighted by molar-refractivity contribution is 0.941. The molecule has 20 aromatic heterocycles. The average Bonchev–Trinajstić information content (AvgIpc) is 1.52. The summed E-state index contributed by atoms with van der Waals surface area (Å²) in [5.74, 6) is 0. The molecule has 0 amide bonds. The predicted molar refractivity (Wildman–Crippen MR) is 449 cm³/mol. The van der Waals surface area contributed by atoms with Crippen molar-refractivity contribution in [3.05, 3.63) is 427 Å². The largest absolute Gasteiger partial charge is 0.324 e. The van der Waals surface area contributed by atoms with Gasteiger partial charge in [0.05, 0.1) is 62.0 Å². The highest BCUT2D eigenvalue weighted by atomic mass is 32.1. The summed E-state index contributed by atoms with van der Waals surface area (Å²) in [6, 6.07) is 84.0. The Morgan fingerprint density at radius 2 is 0.777 bits per heavy atom. The summed E-state index contributed by atoms with van der Waals surface area (Å²) in [6.07, 6.45) is 47.2. The van der Waals surface area contributed by atoms with Gasteiger partial charge >= 0.3 is 0 Å². The number of pyridine rings is 6. The lowest BCUT2D eigenvalue weighted by atomic mass is 10.2. The van der Waals surface area contributed by atoms with Gasteiger partial charge in [0.2, 0.25) is 0 Å². The quantitative estimate of drug-likeness (QED) is 0.137. The Labute approximate surface area is 650 Å². The molecule has 0 atom stereocenters. The highest BCUT2D eigenvalue weighted by Gasteiger charge is 1.96. The van der Waals surface area contributed by atoms with Crippen LogP contribution in [0.3, 0.4) is 0 Å². The molecule has 24 rings (SSSR count). The van der Waals surface area contributed by atoms with Crippen molar-refractivity contribution in [1.82, 2.24) is 107 Å². The summed E-state index contributed by atoms with van der Waals surface area (Å²) in [5.41, 5.74) is 10.6. The number of fused-ring (bicyclic) bond motifs is 12. The van der Waals surface area contributed by atoms with E-state index >= 15 is 0 Å². The molecule has 0 aliphatic carbocycles. The van der Waals surface area contributed by atoms with Crippen LogP contribution in [0.5, 0.6) is 0 Å². The maximum atomic E-state index is 4.18. The van der Waals surface area contributed by atoms with Crippen LogP contribution in [0.4, 0.5) is 0 Å². The third-order valence-corrected chi connectivity index (χ3v) is 17.7. The Morgan fingerprint density at radius 1 is 0.241 bits per heavy atom. The second-order valence-corrected chi connectivity index (χ2v) is 25.3. The van der Waals surface area contributed by atoms with Crippen molar-refractivity contribution in [3.63, 3.8) is 0 Å². The van der Waals surface area contributed by atoms with E-state index in [-0.39, 0.29) is 0 Å². The molecule has 0 saturated heterocycles. The molecule has 4 aromatic carbocycles.